The van der Waals surface area contributed by atoms with Gasteiger partial charge in [0.25, 0.3) is 21.8 Å². The van der Waals surface area contributed by atoms with E-state index >= 15 is 0 Å². The quantitative estimate of drug-likeness (QED) is 0.812. The molecule has 1 saturated carbocycles. The van der Waals surface area contributed by atoms with Crippen molar-refractivity contribution in [1.29, 1.82) is 0 Å². The van der Waals surface area contributed by atoms with Gasteiger partial charge < -0.3 is 4.90 Å². The van der Waals surface area contributed by atoms with Crippen molar-refractivity contribution in [2.45, 2.75) is 36.7 Å². The molecule has 27 heavy (non-hydrogen) atoms. The first kappa shape index (κ1) is 17.7. The summed E-state index contributed by atoms with van der Waals surface area (Å²) in [7, 11) is -2.19. The van der Waals surface area contributed by atoms with E-state index in [1.807, 2.05) is 37.3 Å². The van der Waals surface area contributed by atoms with Gasteiger partial charge in [-0.2, -0.15) is 0 Å². The summed E-state index contributed by atoms with van der Waals surface area (Å²) in [5.41, 5.74) is 1.39. The van der Waals surface area contributed by atoms with Crippen LogP contribution in [0.15, 0.2) is 53.4 Å². The lowest BCUT2D eigenvalue weighted by molar-refractivity contribution is 0.0741. The van der Waals surface area contributed by atoms with Gasteiger partial charge in [0.2, 0.25) is 0 Å². The van der Waals surface area contributed by atoms with Crippen molar-refractivity contribution >= 4 is 21.8 Å². The van der Waals surface area contributed by atoms with E-state index < -0.39 is 15.9 Å². The van der Waals surface area contributed by atoms with Crippen LogP contribution in [0.5, 0.6) is 0 Å². The molecule has 0 saturated heterocycles. The molecule has 1 aliphatic heterocycles. The maximum Gasteiger partial charge on any atom is 0.269 e. The molecule has 0 spiro atoms. The number of carbonyl (C=O) groups is 2. The van der Waals surface area contributed by atoms with Crippen LogP contribution in [-0.4, -0.2) is 42.5 Å². The Morgan fingerprint density at radius 3 is 2.44 bits per heavy atom. The van der Waals surface area contributed by atoms with E-state index in [2.05, 4.69) is 0 Å². The molecule has 2 amide bonds. The predicted octanol–water partition coefficient (Wildman–Crippen LogP) is 2.83. The Hall–Kier alpha value is -2.67. The number of fused-ring (bicyclic) bond motifs is 1. The van der Waals surface area contributed by atoms with Gasteiger partial charge in [-0.1, -0.05) is 30.3 Å². The first-order valence-corrected chi connectivity index (χ1v) is 10.3. The summed E-state index contributed by atoms with van der Waals surface area (Å²) in [6.07, 6.45) is 1.39. The van der Waals surface area contributed by atoms with E-state index in [9.17, 15) is 18.0 Å². The van der Waals surface area contributed by atoms with Crippen LogP contribution in [-0.2, 0) is 10.0 Å². The van der Waals surface area contributed by atoms with Gasteiger partial charge in [-0.25, -0.2) is 12.7 Å². The number of hydrogen-bond acceptors (Lipinski definition) is 4. The van der Waals surface area contributed by atoms with E-state index in [0.717, 1.165) is 9.87 Å². The smallest absolute Gasteiger partial charge is 0.269 e. The molecule has 2 aromatic rings. The zero-order valence-electron chi connectivity index (χ0n) is 15.1. The van der Waals surface area contributed by atoms with Crippen LogP contribution in [0, 0.1) is 0 Å². The number of sulfonamides is 1. The van der Waals surface area contributed by atoms with Crippen molar-refractivity contribution in [3.8, 4) is 0 Å². The number of amides is 2. The molecule has 1 aliphatic carbocycles. The van der Waals surface area contributed by atoms with Gasteiger partial charge in [0.05, 0.1) is 11.6 Å². The van der Waals surface area contributed by atoms with Gasteiger partial charge in [0.15, 0.2) is 0 Å². The highest BCUT2D eigenvalue weighted by atomic mass is 32.2. The van der Waals surface area contributed by atoms with Crippen LogP contribution in [0.25, 0.3) is 0 Å². The zero-order chi connectivity index (χ0) is 19.3. The van der Waals surface area contributed by atoms with Gasteiger partial charge in [0.1, 0.15) is 4.90 Å². The Kier molecular flexibility index (Phi) is 4.07. The van der Waals surface area contributed by atoms with Crippen molar-refractivity contribution in [2.75, 3.05) is 7.05 Å². The summed E-state index contributed by atoms with van der Waals surface area (Å²) in [5, 5.41) is 0. The van der Waals surface area contributed by atoms with E-state index in [1.54, 1.807) is 11.9 Å². The molecule has 2 aliphatic rings. The van der Waals surface area contributed by atoms with Crippen LogP contribution < -0.4 is 0 Å². The number of hydrogen-bond donors (Lipinski definition) is 0. The predicted molar refractivity (Wildman–Crippen MR) is 99.8 cm³/mol. The standard InChI is InChI=1S/C20H20N2O4S/c1-13(14-6-4-3-5-7-14)21(2)19(23)15-8-11-17-18(12-15)27(25,26)22(20(17)24)16-9-10-16/h3-8,11-13,16H,9-10H2,1-2H3. The SMILES string of the molecule is CC(c1ccccc1)N(C)C(=O)c1ccc2c(c1)S(=O)(=O)N(C1CC1)C2=O. The van der Waals surface area contributed by atoms with Gasteiger partial charge in [-0.15, -0.1) is 0 Å². The molecule has 1 heterocycles. The van der Waals surface area contributed by atoms with E-state index in [4.69, 9.17) is 0 Å². The fraction of sp³-hybridized carbons (Fsp3) is 0.300. The van der Waals surface area contributed by atoms with Gasteiger partial charge in [0, 0.05) is 18.7 Å². The second-order valence-electron chi connectivity index (χ2n) is 7.05. The van der Waals surface area contributed by atoms with Gasteiger partial charge in [-0.3, -0.25) is 9.59 Å². The lowest BCUT2D eigenvalue weighted by Crippen LogP contribution is -2.32. The molecule has 0 aromatic heterocycles. The second kappa shape index (κ2) is 6.20. The third-order valence-corrected chi connectivity index (χ3v) is 7.13. The molecule has 1 atom stereocenters. The third-order valence-electron chi connectivity index (χ3n) is 5.26. The van der Waals surface area contributed by atoms with Crippen LogP contribution in [0.2, 0.25) is 0 Å². The van der Waals surface area contributed by atoms with Gasteiger partial charge >= 0.3 is 0 Å². The van der Waals surface area contributed by atoms with E-state index in [1.165, 1.54) is 18.2 Å². The van der Waals surface area contributed by atoms with Crippen molar-refractivity contribution in [3.63, 3.8) is 0 Å². The first-order valence-electron chi connectivity index (χ1n) is 8.87. The molecule has 0 bridgehead atoms. The van der Waals surface area contributed by atoms with E-state index in [0.29, 0.717) is 12.8 Å². The molecule has 140 valence electrons. The fourth-order valence-electron chi connectivity index (χ4n) is 3.39. The number of rotatable bonds is 4. The third kappa shape index (κ3) is 2.82. The summed E-state index contributed by atoms with van der Waals surface area (Å²) in [6, 6.07) is 13.5. The Labute approximate surface area is 158 Å². The summed E-state index contributed by atoms with van der Waals surface area (Å²) >= 11 is 0. The summed E-state index contributed by atoms with van der Waals surface area (Å²) in [5.74, 6) is -0.779. The molecule has 0 radical (unpaired) electrons. The van der Waals surface area contributed by atoms with Crippen molar-refractivity contribution in [2.24, 2.45) is 0 Å². The maximum atomic E-state index is 12.9. The summed E-state index contributed by atoms with van der Waals surface area (Å²) in [6.45, 7) is 1.91. The Morgan fingerprint density at radius 1 is 1.15 bits per heavy atom. The van der Waals surface area contributed by atoms with Crippen molar-refractivity contribution in [1.82, 2.24) is 9.21 Å². The van der Waals surface area contributed by atoms with Crippen LogP contribution in [0.3, 0.4) is 0 Å². The molecule has 0 N–H and O–H groups in total. The lowest BCUT2D eigenvalue weighted by Gasteiger charge is -2.25. The van der Waals surface area contributed by atoms with Crippen molar-refractivity contribution < 1.29 is 18.0 Å². The lowest BCUT2D eigenvalue weighted by atomic mass is 10.1. The highest BCUT2D eigenvalue weighted by Crippen LogP contribution is 2.39. The largest absolute Gasteiger partial charge is 0.335 e. The monoisotopic (exact) mass is 384 g/mol. The Morgan fingerprint density at radius 2 is 1.81 bits per heavy atom. The molecule has 1 fully saturated rings. The number of carbonyl (C=O) groups excluding carboxylic acids is 2. The minimum atomic E-state index is -3.87. The number of benzene rings is 2. The van der Waals surface area contributed by atoms with Crippen LogP contribution in [0.4, 0.5) is 0 Å². The second-order valence-corrected chi connectivity index (χ2v) is 8.83. The first-order chi connectivity index (χ1) is 12.8. The Bertz CT molecular complexity index is 1030. The molecular formula is C20H20N2O4S. The highest BCUT2D eigenvalue weighted by Gasteiger charge is 2.48. The van der Waals surface area contributed by atoms with E-state index in [-0.39, 0.29) is 34.0 Å². The topological polar surface area (TPSA) is 74.8 Å². The average molecular weight is 384 g/mol. The summed E-state index contributed by atoms with van der Waals surface area (Å²) < 4.78 is 26.5. The molecule has 6 nitrogen and oxygen atoms in total. The molecular weight excluding hydrogens is 364 g/mol. The molecule has 1 unspecified atom stereocenters. The molecule has 2 aromatic carbocycles. The minimum absolute atomic E-state index is 0.0639. The average Bonchev–Trinajstić information content (AvgIpc) is 3.48. The van der Waals surface area contributed by atoms with Crippen LogP contribution in [0.1, 0.15) is 52.1 Å². The van der Waals surface area contributed by atoms with Crippen LogP contribution >= 0.6 is 0 Å². The zero-order valence-corrected chi connectivity index (χ0v) is 15.9. The normalized spacial score (nSPS) is 18.9. The minimum Gasteiger partial charge on any atom is -0.335 e. The summed E-state index contributed by atoms with van der Waals surface area (Å²) in [4.78, 5) is 26.9. The highest BCUT2D eigenvalue weighted by molar-refractivity contribution is 7.90. The van der Waals surface area contributed by atoms with Crippen molar-refractivity contribution in [3.05, 3.63) is 65.2 Å². The number of nitrogens with zero attached hydrogens (tertiary/aromatic N) is 2. The van der Waals surface area contributed by atoms with Gasteiger partial charge in [-0.05, 0) is 43.5 Å². The Balaban J connectivity index is 1.66. The molecule has 7 heteroatoms. The maximum absolute atomic E-state index is 12.9. The fourth-order valence-corrected chi connectivity index (χ4v) is 5.23. The molecule has 4 rings (SSSR count).